The summed E-state index contributed by atoms with van der Waals surface area (Å²) in [7, 11) is 0. The summed E-state index contributed by atoms with van der Waals surface area (Å²) in [6, 6.07) is 7.86. The number of carbonyl (C=O) groups is 1. The molecule has 0 atom stereocenters. The van der Waals surface area contributed by atoms with Gasteiger partial charge in [0.05, 0.1) is 18.2 Å². The highest BCUT2D eigenvalue weighted by atomic mass is 16.5. The summed E-state index contributed by atoms with van der Waals surface area (Å²) in [4.78, 5) is 12.8. The maximum Gasteiger partial charge on any atom is 0.246 e. The highest BCUT2D eigenvalue weighted by molar-refractivity contribution is 5.85. The van der Waals surface area contributed by atoms with E-state index in [2.05, 4.69) is 17.5 Å². The molecule has 4 aliphatic rings. The molecule has 0 radical (unpaired) electrons. The Balaban J connectivity index is 1.31. The molecule has 1 N–H and O–H groups in total. The zero-order valence-electron chi connectivity index (χ0n) is 15.7. The molecule has 0 spiro atoms. The quantitative estimate of drug-likeness (QED) is 0.444. The molecule has 140 valence electrons. The van der Waals surface area contributed by atoms with E-state index >= 15 is 0 Å². The van der Waals surface area contributed by atoms with Gasteiger partial charge in [-0.1, -0.05) is 13.3 Å². The summed E-state index contributed by atoms with van der Waals surface area (Å²) in [5.41, 5.74) is 3.68. The third kappa shape index (κ3) is 3.65. The van der Waals surface area contributed by atoms with Gasteiger partial charge in [-0.2, -0.15) is 5.10 Å². The van der Waals surface area contributed by atoms with E-state index in [1.54, 1.807) is 6.21 Å². The molecule has 1 amide bonds. The second-order valence-corrected chi connectivity index (χ2v) is 8.67. The molecule has 1 aromatic rings. The second-order valence-electron chi connectivity index (χ2n) is 8.67. The zero-order chi connectivity index (χ0) is 18.0. The molecule has 0 heterocycles. The number of hydrazone groups is 1. The fourth-order valence-electron chi connectivity index (χ4n) is 5.66. The molecule has 0 saturated heterocycles. The molecule has 4 bridgehead atoms. The standard InChI is InChI=1S/C22H30N2O2/c1-2-3-8-26-20-6-4-16(5-7-20)15-23-24-21(25)22-12-17-9-18(13-22)11-19(10-17)14-22/h4-7,15,17-19H,2-3,8-14H2,1H3,(H,24,25)/b23-15+. The molecule has 26 heavy (non-hydrogen) atoms. The SMILES string of the molecule is CCCCOc1ccc(/C=N/NC(=O)C23CC4CC(CC(C4)C2)C3)cc1. The Morgan fingerprint density at radius 2 is 1.77 bits per heavy atom. The van der Waals surface area contributed by atoms with Crippen LogP contribution < -0.4 is 10.2 Å². The van der Waals surface area contributed by atoms with E-state index in [1.165, 1.54) is 19.3 Å². The van der Waals surface area contributed by atoms with Gasteiger partial charge in [0.25, 0.3) is 0 Å². The van der Waals surface area contributed by atoms with Crippen LogP contribution in [0.15, 0.2) is 29.4 Å². The van der Waals surface area contributed by atoms with Gasteiger partial charge in [0.15, 0.2) is 0 Å². The van der Waals surface area contributed by atoms with Crippen LogP contribution in [-0.2, 0) is 4.79 Å². The van der Waals surface area contributed by atoms with Crippen LogP contribution in [0.3, 0.4) is 0 Å². The Hall–Kier alpha value is -1.84. The van der Waals surface area contributed by atoms with Crippen LogP contribution in [0.25, 0.3) is 0 Å². The van der Waals surface area contributed by atoms with Crippen molar-refractivity contribution in [2.45, 2.75) is 58.3 Å². The highest BCUT2D eigenvalue weighted by Crippen LogP contribution is 2.60. The van der Waals surface area contributed by atoms with Crippen LogP contribution in [0.5, 0.6) is 5.75 Å². The van der Waals surface area contributed by atoms with Crippen molar-refractivity contribution in [1.82, 2.24) is 5.43 Å². The maximum atomic E-state index is 12.8. The van der Waals surface area contributed by atoms with E-state index in [1.807, 2.05) is 24.3 Å². The summed E-state index contributed by atoms with van der Waals surface area (Å²) < 4.78 is 5.67. The lowest BCUT2D eigenvalue weighted by molar-refractivity contribution is -0.146. The van der Waals surface area contributed by atoms with Gasteiger partial charge in [-0.15, -0.1) is 0 Å². The number of hydrogen-bond donors (Lipinski definition) is 1. The van der Waals surface area contributed by atoms with Crippen LogP contribution in [0, 0.1) is 23.2 Å². The van der Waals surface area contributed by atoms with Crippen LogP contribution in [0.1, 0.15) is 63.9 Å². The molecule has 0 aromatic heterocycles. The molecular formula is C22H30N2O2. The van der Waals surface area contributed by atoms with Crippen LogP contribution in [0.4, 0.5) is 0 Å². The molecule has 5 rings (SSSR count). The van der Waals surface area contributed by atoms with Crippen LogP contribution in [-0.4, -0.2) is 18.7 Å². The molecule has 4 aliphatic carbocycles. The van der Waals surface area contributed by atoms with E-state index in [0.29, 0.717) is 0 Å². The number of benzene rings is 1. The lowest BCUT2D eigenvalue weighted by Crippen LogP contribution is -2.52. The fraction of sp³-hybridized carbons (Fsp3) is 0.636. The average molecular weight is 354 g/mol. The van der Waals surface area contributed by atoms with Crippen molar-refractivity contribution in [2.75, 3.05) is 6.61 Å². The number of rotatable bonds is 7. The predicted molar refractivity (Wildman–Crippen MR) is 103 cm³/mol. The first kappa shape index (κ1) is 17.6. The van der Waals surface area contributed by atoms with Gasteiger partial charge in [0.2, 0.25) is 5.91 Å². The molecule has 0 unspecified atom stereocenters. The maximum absolute atomic E-state index is 12.8. The number of amides is 1. The molecule has 4 heteroatoms. The zero-order valence-corrected chi connectivity index (χ0v) is 15.7. The Bertz CT molecular complexity index is 630. The van der Waals surface area contributed by atoms with Gasteiger partial charge >= 0.3 is 0 Å². The average Bonchev–Trinajstić information content (AvgIpc) is 2.62. The largest absolute Gasteiger partial charge is 0.494 e. The second kappa shape index (κ2) is 7.42. The van der Waals surface area contributed by atoms with Crippen molar-refractivity contribution in [3.8, 4) is 5.75 Å². The number of hydrogen-bond acceptors (Lipinski definition) is 3. The number of ether oxygens (including phenoxy) is 1. The summed E-state index contributed by atoms with van der Waals surface area (Å²) >= 11 is 0. The van der Waals surface area contributed by atoms with Gasteiger partial charge in [-0.05, 0) is 92.5 Å². The van der Waals surface area contributed by atoms with E-state index in [4.69, 9.17) is 4.74 Å². The van der Waals surface area contributed by atoms with Gasteiger partial charge in [-0.3, -0.25) is 4.79 Å². The Morgan fingerprint density at radius 3 is 2.35 bits per heavy atom. The molecule has 0 aliphatic heterocycles. The molecule has 4 saturated carbocycles. The van der Waals surface area contributed by atoms with Gasteiger partial charge < -0.3 is 4.74 Å². The lowest BCUT2D eigenvalue weighted by Gasteiger charge is -2.55. The number of nitrogens with zero attached hydrogens (tertiary/aromatic N) is 1. The van der Waals surface area contributed by atoms with Crippen molar-refractivity contribution < 1.29 is 9.53 Å². The summed E-state index contributed by atoms with van der Waals surface area (Å²) in [6.07, 6.45) is 11.2. The smallest absolute Gasteiger partial charge is 0.246 e. The molecule has 4 fully saturated rings. The van der Waals surface area contributed by atoms with E-state index in [0.717, 1.165) is 67.8 Å². The molecule has 4 nitrogen and oxygen atoms in total. The lowest BCUT2D eigenvalue weighted by atomic mass is 9.49. The van der Waals surface area contributed by atoms with Crippen molar-refractivity contribution in [3.63, 3.8) is 0 Å². The van der Waals surface area contributed by atoms with Crippen LogP contribution in [0.2, 0.25) is 0 Å². The van der Waals surface area contributed by atoms with Crippen molar-refractivity contribution in [2.24, 2.45) is 28.3 Å². The van der Waals surface area contributed by atoms with Crippen molar-refractivity contribution >= 4 is 12.1 Å². The van der Waals surface area contributed by atoms with Gasteiger partial charge in [-0.25, -0.2) is 5.43 Å². The summed E-state index contributed by atoms with van der Waals surface area (Å²) in [5, 5.41) is 4.24. The van der Waals surface area contributed by atoms with E-state index < -0.39 is 0 Å². The summed E-state index contributed by atoms with van der Waals surface area (Å²) in [5.74, 6) is 3.35. The minimum atomic E-state index is -0.136. The topological polar surface area (TPSA) is 50.7 Å². The number of nitrogens with one attached hydrogen (secondary N) is 1. The minimum Gasteiger partial charge on any atom is -0.494 e. The Labute approximate surface area is 156 Å². The predicted octanol–water partition coefficient (Wildman–Crippen LogP) is 4.53. The van der Waals surface area contributed by atoms with Crippen molar-refractivity contribution in [3.05, 3.63) is 29.8 Å². The third-order valence-electron chi connectivity index (χ3n) is 6.55. The number of carbonyl (C=O) groups excluding carboxylic acids is 1. The van der Waals surface area contributed by atoms with E-state index in [-0.39, 0.29) is 11.3 Å². The Morgan fingerprint density at radius 1 is 1.15 bits per heavy atom. The molecular weight excluding hydrogens is 324 g/mol. The number of unbranched alkanes of at least 4 members (excludes halogenated alkanes) is 1. The summed E-state index contributed by atoms with van der Waals surface area (Å²) in [6.45, 7) is 2.91. The molecule has 1 aromatic carbocycles. The minimum absolute atomic E-state index is 0.136. The first-order valence-corrected chi connectivity index (χ1v) is 10.2. The normalized spacial score (nSPS) is 32.1. The Kier molecular flexibility index (Phi) is 5.01. The third-order valence-corrected chi connectivity index (χ3v) is 6.55. The highest BCUT2D eigenvalue weighted by Gasteiger charge is 2.54. The monoisotopic (exact) mass is 354 g/mol. The van der Waals surface area contributed by atoms with Gasteiger partial charge in [0.1, 0.15) is 5.75 Å². The first-order valence-electron chi connectivity index (χ1n) is 10.2. The van der Waals surface area contributed by atoms with Gasteiger partial charge in [0, 0.05) is 0 Å². The fourth-order valence-corrected chi connectivity index (χ4v) is 5.66. The first-order chi connectivity index (χ1) is 12.7. The van der Waals surface area contributed by atoms with E-state index in [9.17, 15) is 4.79 Å². The van der Waals surface area contributed by atoms with Crippen LogP contribution >= 0.6 is 0 Å². The van der Waals surface area contributed by atoms with Crippen molar-refractivity contribution in [1.29, 1.82) is 0 Å².